The number of hydrogen-bond donors (Lipinski definition) is 2. The van der Waals surface area contributed by atoms with Crippen molar-refractivity contribution in [1.82, 2.24) is 19.9 Å². The van der Waals surface area contributed by atoms with Crippen LogP contribution in [0.15, 0.2) is 0 Å². The van der Waals surface area contributed by atoms with Gasteiger partial charge in [-0.25, -0.2) is 5.84 Å². The van der Waals surface area contributed by atoms with Gasteiger partial charge in [0.05, 0.1) is 6.61 Å². The number of nitrogen functional groups attached to an aromatic ring is 1. The molecule has 0 aliphatic carbocycles. The number of nitrogens with one attached hydrogen (secondary N) is 1. The number of rotatable bonds is 10. The topological polar surface area (TPSA) is 98.4 Å². The molecule has 0 spiro atoms. The van der Waals surface area contributed by atoms with Gasteiger partial charge < -0.3 is 14.4 Å². The van der Waals surface area contributed by atoms with Crippen molar-refractivity contribution in [3.63, 3.8) is 0 Å². The van der Waals surface area contributed by atoms with Gasteiger partial charge in [-0.2, -0.15) is 9.97 Å². The summed E-state index contributed by atoms with van der Waals surface area (Å²) < 4.78 is 10.9. The first-order valence-electron chi connectivity index (χ1n) is 6.94. The van der Waals surface area contributed by atoms with E-state index in [4.69, 9.17) is 15.3 Å². The van der Waals surface area contributed by atoms with E-state index >= 15 is 0 Å². The largest absolute Gasteiger partial charge is 0.463 e. The highest BCUT2D eigenvalue weighted by atomic mass is 16.5. The fraction of sp³-hybridized carbons (Fsp3) is 0.750. The lowest BCUT2D eigenvalue weighted by molar-refractivity contribution is 0.207. The summed E-state index contributed by atoms with van der Waals surface area (Å²) in [4.78, 5) is 14.4. The maximum atomic E-state index is 5.52. The van der Waals surface area contributed by atoms with Crippen LogP contribution in [0.3, 0.4) is 0 Å². The molecule has 8 heteroatoms. The van der Waals surface area contributed by atoms with Crippen LogP contribution in [0.5, 0.6) is 12.0 Å². The molecule has 20 heavy (non-hydrogen) atoms. The second kappa shape index (κ2) is 9.27. The second-order valence-corrected chi connectivity index (χ2v) is 4.09. The number of hydrogen-bond acceptors (Lipinski definition) is 8. The number of likely N-dealkylation sites (N-methyl/N-ethyl adjacent to an activating group) is 1. The van der Waals surface area contributed by atoms with Crippen LogP contribution in [0, 0.1) is 0 Å². The average molecular weight is 284 g/mol. The summed E-state index contributed by atoms with van der Waals surface area (Å²) in [6.07, 6.45) is 0.870. The summed E-state index contributed by atoms with van der Waals surface area (Å²) in [5, 5.41) is 0. The van der Waals surface area contributed by atoms with Gasteiger partial charge in [0, 0.05) is 6.54 Å². The lowest BCUT2D eigenvalue weighted by atomic mass is 10.5. The van der Waals surface area contributed by atoms with Crippen LogP contribution < -0.4 is 20.7 Å². The van der Waals surface area contributed by atoms with Gasteiger partial charge >= 0.3 is 12.0 Å². The summed E-state index contributed by atoms with van der Waals surface area (Å²) in [6, 6.07) is 0.429. The minimum absolute atomic E-state index is 0.214. The van der Waals surface area contributed by atoms with Crippen molar-refractivity contribution in [2.75, 3.05) is 38.3 Å². The molecule has 0 fully saturated rings. The van der Waals surface area contributed by atoms with Crippen molar-refractivity contribution in [2.24, 2.45) is 5.84 Å². The highest BCUT2D eigenvalue weighted by Crippen LogP contribution is 2.12. The minimum atomic E-state index is 0.214. The monoisotopic (exact) mass is 284 g/mol. The van der Waals surface area contributed by atoms with Crippen LogP contribution in [0.4, 0.5) is 5.95 Å². The normalized spacial score (nSPS) is 10.7. The molecule has 8 nitrogen and oxygen atoms in total. The number of aromatic nitrogens is 3. The van der Waals surface area contributed by atoms with Crippen molar-refractivity contribution >= 4 is 5.95 Å². The lowest BCUT2D eigenvalue weighted by Gasteiger charge is -2.17. The van der Waals surface area contributed by atoms with E-state index < -0.39 is 0 Å². The Kier molecular flexibility index (Phi) is 7.59. The number of nitrogens with zero attached hydrogens (tertiary/aromatic N) is 4. The molecule has 0 amide bonds. The van der Waals surface area contributed by atoms with Crippen molar-refractivity contribution in [3.8, 4) is 12.0 Å². The van der Waals surface area contributed by atoms with E-state index in [1.165, 1.54) is 0 Å². The molecule has 114 valence electrons. The molecule has 0 saturated carbocycles. The molecule has 1 aromatic rings. The Bertz CT molecular complexity index is 386. The predicted octanol–water partition coefficient (Wildman–Crippen LogP) is 0.667. The van der Waals surface area contributed by atoms with Crippen LogP contribution in [0.2, 0.25) is 0 Å². The fourth-order valence-corrected chi connectivity index (χ4v) is 1.53. The van der Waals surface area contributed by atoms with Crippen LogP contribution >= 0.6 is 0 Å². The molecule has 3 N–H and O–H groups in total. The quantitative estimate of drug-likeness (QED) is 0.478. The molecule has 0 aliphatic heterocycles. The predicted molar refractivity (Wildman–Crippen MR) is 76.7 cm³/mol. The Morgan fingerprint density at radius 2 is 1.60 bits per heavy atom. The molecule has 0 saturated heterocycles. The van der Waals surface area contributed by atoms with Gasteiger partial charge in [-0.3, -0.25) is 5.43 Å². The van der Waals surface area contributed by atoms with Gasteiger partial charge in [0.15, 0.2) is 0 Å². The highest BCUT2D eigenvalue weighted by Gasteiger charge is 2.08. The number of hydrazine groups is 1. The summed E-state index contributed by atoms with van der Waals surface area (Å²) in [7, 11) is 0. The maximum absolute atomic E-state index is 5.52. The number of anilines is 1. The van der Waals surface area contributed by atoms with E-state index in [1.807, 2.05) is 6.92 Å². The standard InChI is InChI=1S/C12H24N6O2/c1-4-8-19-11-14-10(17-13)15-12(16-11)20-9-7-18(5-2)6-3/h4-9,13H2,1-3H3,(H,14,15,16,17). The van der Waals surface area contributed by atoms with E-state index in [-0.39, 0.29) is 18.0 Å². The van der Waals surface area contributed by atoms with E-state index in [1.54, 1.807) is 0 Å². The third-order valence-electron chi connectivity index (χ3n) is 2.69. The molecule has 0 bridgehead atoms. The van der Waals surface area contributed by atoms with Gasteiger partial charge in [0.2, 0.25) is 5.95 Å². The first-order chi connectivity index (χ1) is 9.73. The van der Waals surface area contributed by atoms with Crippen molar-refractivity contribution < 1.29 is 9.47 Å². The molecule has 1 heterocycles. The zero-order valence-electron chi connectivity index (χ0n) is 12.4. The minimum Gasteiger partial charge on any atom is -0.463 e. The number of ether oxygens (including phenoxy) is 2. The molecule has 1 aromatic heterocycles. The van der Waals surface area contributed by atoms with Gasteiger partial charge in [-0.1, -0.05) is 20.8 Å². The Morgan fingerprint density at radius 1 is 1.00 bits per heavy atom. The van der Waals surface area contributed by atoms with Gasteiger partial charge in [0.1, 0.15) is 6.61 Å². The van der Waals surface area contributed by atoms with E-state index in [0.29, 0.717) is 13.2 Å². The molecule has 0 atom stereocenters. The third-order valence-corrected chi connectivity index (χ3v) is 2.69. The van der Waals surface area contributed by atoms with Gasteiger partial charge in [0.25, 0.3) is 0 Å². The molecule has 0 radical (unpaired) electrons. The van der Waals surface area contributed by atoms with Crippen molar-refractivity contribution in [1.29, 1.82) is 0 Å². The molecular formula is C12H24N6O2. The SMILES string of the molecule is CCCOc1nc(NN)nc(OCCN(CC)CC)n1. The Morgan fingerprint density at radius 3 is 2.10 bits per heavy atom. The van der Waals surface area contributed by atoms with Crippen LogP contribution in [0.1, 0.15) is 27.2 Å². The Hall–Kier alpha value is -1.67. The molecule has 1 rings (SSSR count). The van der Waals surface area contributed by atoms with E-state index in [9.17, 15) is 0 Å². The molecule has 0 aliphatic rings. The highest BCUT2D eigenvalue weighted by molar-refractivity contribution is 5.25. The van der Waals surface area contributed by atoms with Gasteiger partial charge in [-0.15, -0.1) is 4.98 Å². The lowest BCUT2D eigenvalue weighted by Crippen LogP contribution is -2.28. The summed E-state index contributed by atoms with van der Waals surface area (Å²) in [5.74, 6) is 5.54. The van der Waals surface area contributed by atoms with Crippen molar-refractivity contribution in [2.45, 2.75) is 27.2 Å². The molecule has 0 unspecified atom stereocenters. The summed E-state index contributed by atoms with van der Waals surface area (Å²) in [6.45, 7) is 10.0. The average Bonchev–Trinajstić information content (AvgIpc) is 2.49. The van der Waals surface area contributed by atoms with Crippen LogP contribution in [0.25, 0.3) is 0 Å². The Balaban J connectivity index is 2.59. The Labute approximate surface area is 119 Å². The molecule has 0 aromatic carbocycles. The van der Waals surface area contributed by atoms with Gasteiger partial charge in [-0.05, 0) is 19.5 Å². The van der Waals surface area contributed by atoms with Crippen LogP contribution in [-0.4, -0.2) is 52.7 Å². The second-order valence-electron chi connectivity index (χ2n) is 4.09. The third kappa shape index (κ3) is 5.54. The maximum Gasteiger partial charge on any atom is 0.324 e. The smallest absolute Gasteiger partial charge is 0.324 e. The summed E-state index contributed by atoms with van der Waals surface area (Å²) >= 11 is 0. The molecular weight excluding hydrogens is 260 g/mol. The van der Waals surface area contributed by atoms with Crippen molar-refractivity contribution in [3.05, 3.63) is 0 Å². The zero-order chi connectivity index (χ0) is 14.8. The first kappa shape index (κ1) is 16.4. The fourth-order valence-electron chi connectivity index (χ4n) is 1.53. The van der Waals surface area contributed by atoms with Crippen LogP contribution in [-0.2, 0) is 0 Å². The summed E-state index contributed by atoms with van der Waals surface area (Å²) in [5.41, 5.74) is 2.37. The van der Waals surface area contributed by atoms with E-state index in [0.717, 1.165) is 26.1 Å². The first-order valence-corrected chi connectivity index (χ1v) is 6.94. The zero-order valence-corrected chi connectivity index (χ0v) is 12.4. The number of nitrogens with two attached hydrogens (primary N) is 1. The van der Waals surface area contributed by atoms with E-state index in [2.05, 4.69) is 39.1 Å².